The van der Waals surface area contributed by atoms with E-state index in [1.54, 1.807) is 11.3 Å². The van der Waals surface area contributed by atoms with Crippen LogP contribution in [0.4, 0.5) is 0 Å². The van der Waals surface area contributed by atoms with Crippen molar-refractivity contribution < 1.29 is 9.59 Å². The Bertz CT molecular complexity index is 930. The highest BCUT2D eigenvalue weighted by atomic mass is 32.1. The molecule has 3 aliphatic rings. The summed E-state index contributed by atoms with van der Waals surface area (Å²) in [6, 6.07) is 12.9. The lowest BCUT2D eigenvalue weighted by Crippen LogP contribution is -2.65. The first-order chi connectivity index (χ1) is 16.2. The molecule has 0 aliphatic carbocycles. The first-order valence-corrected chi connectivity index (χ1v) is 13.5. The summed E-state index contributed by atoms with van der Waals surface area (Å²) in [5, 5.41) is 7.03. The minimum absolute atomic E-state index is 0.103. The Morgan fingerprint density at radius 1 is 1.06 bits per heavy atom. The average molecular weight is 466 g/mol. The van der Waals surface area contributed by atoms with E-state index in [2.05, 4.69) is 15.1 Å². The van der Waals surface area contributed by atoms with Crippen LogP contribution in [0, 0.1) is 11.8 Å². The third kappa shape index (κ3) is 5.02. The molecule has 0 radical (unpaired) electrons. The number of nitrogens with one attached hydrogen (secondary N) is 1. The molecule has 176 valence electrons. The van der Waals surface area contributed by atoms with Crippen LogP contribution in [-0.2, 0) is 11.3 Å². The second kappa shape index (κ2) is 10.4. The van der Waals surface area contributed by atoms with Gasteiger partial charge in [0.15, 0.2) is 0 Å². The number of rotatable bonds is 7. The van der Waals surface area contributed by atoms with Crippen molar-refractivity contribution in [3.05, 3.63) is 58.3 Å². The second-order valence-electron chi connectivity index (χ2n) is 9.93. The van der Waals surface area contributed by atoms with Gasteiger partial charge in [-0.05, 0) is 80.5 Å². The molecule has 5 rings (SSSR count). The van der Waals surface area contributed by atoms with Gasteiger partial charge in [-0.15, -0.1) is 0 Å². The van der Waals surface area contributed by atoms with Crippen molar-refractivity contribution in [1.29, 1.82) is 0 Å². The van der Waals surface area contributed by atoms with Gasteiger partial charge in [-0.1, -0.05) is 30.3 Å². The Morgan fingerprint density at radius 3 is 2.67 bits per heavy atom. The second-order valence-corrected chi connectivity index (χ2v) is 10.7. The Hall–Kier alpha value is -2.18. The lowest BCUT2D eigenvalue weighted by Gasteiger charge is -2.57. The normalized spacial score (nSPS) is 27.1. The number of likely N-dealkylation sites (tertiary alicyclic amines) is 1. The number of thiophene rings is 1. The molecule has 3 saturated heterocycles. The van der Waals surface area contributed by atoms with Crippen LogP contribution < -0.4 is 5.32 Å². The van der Waals surface area contributed by atoms with E-state index in [9.17, 15) is 9.59 Å². The van der Waals surface area contributed by atoms with Gasteiger partial charge in [-0.25, -0.2) is 0 Å². The molecule has 33 heavy (non-hydrogen) atoms. The molecule has 4 heterocycles. The van der Waals surface area contributed by atoms with Crippen LogP contribution in [0.2, 0.25) is 0 Å². The summed E-state index contributed by atoms with van der Waals surface area (Å²) in [6.07, 6.45) is 7.18. The van der Waals surface area contributed by atoms with Crippen molar-refractivity contribution in [2.75, 3.05) is 19.6 Å². The number of nitrogens with zero attached hydrogens (tertiary/aromatic N) is 2. The van der Waals surface area contributed by atoms with Crippen LogP contribution in [0.1, 0.15) is 60.9 Å². The molecule has 4 atom stereocenters. The Balaban J connectivity index is 1.25. The van der Waals surface area contributed by atoms with Gasteiger partial charge in [0.1, 0.15) is 0 Å². The number of carbonyl (C=O) groups is 2. The fourth-order valence-electron chi connectivity index (χ4n) is 6.51. The smallest absolute Gasteiger partial charge is 0.254 e. The van der Waals surface area contributed by atoms with E-state index in [-0.39, 0.29) is 17.9 Å². The molecule has 2 amide bonds. The van der Waals surface area contributed by atoms with Crippen molar-refractivity contribution >= 4 is 23.2 Å². The zero-order valence-electron chi connectivity index (χ0n) is 19.3. The summed E-state index contributed by atoms with van der Waals surface area (Å²) in [4.78, 5) is 30.9. The first kappa shape index (κ1) is 22.6. The van der Waals surface area contributed by atoms with Crippen molar-refractivity contribution in [1.82, 2.24) is 15.1 Å². The maximum Gasteiger partial charge on any atom is 0.254 e. The molecule has 1 aromatic carbocycles. The lowest BCUT2D eigenvalue weighted by molar-refractivity contribution is -0.121. The molecule has 6 heteroatoms. The quantitative estimate of drug-likeness (QED) is 0.653. The van der Waals surface area contributed by atoms with E-state index in [4.69, 9.17) is 0 Å². The van der Waals surface area contributed by atoms with Crippen molar-refractivity contribution in [2.45, 2.75) is 63.6 Å². The van der Waals surface area contributed by atoms with E-state index < -0.39 is 0 Å². The van der Waals surface area contributed by atoms with Crippen LogP contribution >= 0.6 is 11.3 Å². The predicted molar refractivity (Wildman–Crippen MR) is 132 cm³/mol. The van der Waals surface area contributed by atoms with E-state index in [0.29, 0.717) is 30.8 Å². The number of benzene rings is 1. The highest BCUT2D eigenvalue weighted by Crippen LogP contribution is 2.43. The largest absolute Gasteiger partial charge is 0.352 e. The minimum atomic E-state index is 0.103. The molecule has 2 aromatic rings. The fourth-order valence-corrected chi connectivity index (χ4v) is 7.14. The molecule has 3 aliphatic heterocycles. The zero-order chi connectivity index (χ0) is 22.6. The summed E-state index contributed by atoms with van der Waals surface area (Å²) in [7, 11) is 0. The fraction of sp³-hybridized carbons (Fsp3) is 0.556. The summed E-state index contributed by atoms with van der Waals surface area (Å²) in [5.41, 5.74) is 1.95. The molecule has 5 nitrogen and oxygen atoms in total. The van der Waals surface area contributed by atoms with Gasteiger partial charge in [0.05, 0.1) is 5.56 Å². The third-order valence-electron chi connectivity index (χ3n) is 7.94. The topological polar surface area (TPSA) is 52.7 Å². The van der Waals surface area contributed by atoms with Gasteiger partial charge < -0.3 is 10.2 Å². The predicted octanol–water partition coefficient (Wildman–Crippen LogP) is 4.55. The molecule has 0 bridgehead atoms. The van der Waals surface area contributed by atoms with Gasteiger partial charge in [0, 0.05) is 37.0 Å². The first-order valence-electron chi connectivity index (χ1n) is 12.6. The van der Waals surface area contributed by atoms with Crippen LogP contribution in [0.5, 0.6) is 0 Å². The van der Waals surface area contributed by atoms with E-state index in [1.807, 2.05) is 47.2 Å². The lowest BCUT2D eigenvalue weighted by atomic mass is 9.69. The molecule has 0 spiro atoms. The third-order valence-corrected chi connectivity index (χ3v) is 8.62. The van der Waals surface area contributed by atoms with Crippen LogP contribution in [-0.4, -0.2) is 53.3 Å². The molecular weight excluding hydrogens is 430 g/mol. The summed E-state index contributed by atoms with van der Waals surface area (Å²) in [6.45, 7) is 3.87. The van der Waals surface area contributed by atoms with Crippen LogP contribution in [0.15, 0.2) is 47.2 Å². The van der Waals surface area contributed by atoms with Gasteiger partial charge in [0.2, 0.25) is 5.91 Å². The molecule has 1 N–H and O–H groups in total. The molecular formula is C27H35N3O2S. The maximum atomic E-state index is 13.5. The number of hydrogen-bond donors (Lipinski definition) is 1. The monoisotopic (exact) mass is 465 g/mol. The summed E-state index contributed by atoms with van der Waals surface area (Å²) in [5.74, 6) is 1.42. The highest BCUT2D eigenvalue weighted by Gasteiger charge is 2.49. The maximum absolute atomic E-state index is 13.5. The summed E-state index contributed by atoms with van der Waals surface area (Å²) < 4.78 is 0. The number of piperidine rings is 3. The average Bonchev–Trinajstić information content (AvgIpc) is 3.39. The standard InChI is InChI=1S/C27H35N3O2S/c31-25(28-17-20-7-2-1-3-8-20)12-4-11-24-23-10-6-15-29-14-5-9-21(26(23)29)18-30(24)27(32)22-13-16-33-19-22/h1-3,7-8,13,16,19,21,23-24,26H,4-6,9-12,14-15,17-18H2,(H,28,31)/t21-,23+,24+,26-/m0/s1. The summed E-state index contributed by atoms with van der Waals surface area (Å²) >= 11 is 1.59. The molecule has 3 fully saturated rings. The van der Waals surface area contributed by atoms with Gasteiger partial charge in [-0.3, -0.25) is 14.5 Å². The molecule has 1 aromatic heterocycles. The SMILES string of the molecule is O=C(CCC[C@@H]1[C@H]2CCCN3CCC[C@@H](CN1C(=O)c1ccsc1)[C@@H]23)NCc1ccccc1. The van der Waals surface area contributed by atoms with E-state index in [0.717, 1.165) is 30.5 Å². The zero-order valence-corrected chi connectivity index (χ0v) is 20.1. The van der Waals surface area contributed by atoms with Crippen molar-refractivity contribution in [2.24, 2.45) is 11.8 Å². The van der Waals surface area contributed by atoms with Crippen LogP contribution in [0.3, 0.4) is 0 Å². The highest BCUT2D eigenvalue weighted by molar-refractivity contribution is 7.08. The van der Waals surface area contributed by atoms with Gasteiger partial charge in [0.25, 0.3) is 5.91 Å². The van der Waals surface area contributed by atoms with E-state index >= 15 is 0 Å². The Morgan fingerprint density at radius 2 is 1.88 bits per heavy atom. The van der Waals surface area contributed by atoms with Gasteiger partial charge >= 0.3 is 0 Å². The minimum Gasteiger partial charge on any atom is -0.352 e. The van der Waals surface area contributed by atoms with E-state index in [1.165, 1.54) is 38.8 Å². The van der Waals surface area contributed by atoms with Crippen molar-refractivity contribution in [3.63, 3.8) is 0 Å². The number of amides is 2. The van der Waals surface area contributed by atoms with Gasteiger partial charge in [-0.2, -0.15) is 11.3 Å². The Labute approximate surface area is 201 Å². The van der Waals surface area contributed by atoms with Crippen LogP contribution in [0.25, 0.3) is 0 Å². The molecule has 0 unspecified atom stereocenters. The Kier molecular flexibility index (Phi) is 7.12. The number of carbonyl (C=O) groups excluding carboxylic acids is 2. The molecule has 0 saturated carbocycles. The number of hydrogen-bond acceptors (Lipinski definition) is 4. The van der Waals surface area contributed by atoms with Crippen molar-refractivity contribution in [3.8, 4) is 0 Å².